The van der Waals surface area contributed by atoms with Gasteiger partial charge in [-0.1, -0.05) is 32.0 Å². The van der Waals surface area contributed by atoms with E-state index in [0.29, 0.717) is 5.92 Å². The molecule has 0 saturated carbocycles. The molecule has 1 aromatic carbocycles. The number of aryl methyl sites for hydroxylation is 1. The van der Waals surface area contributed by atoms with E-state index in [1.807, 2.05) is 25.1 Å². The van der Waals surface area contributed by atoms with Gasteiger partial charge in [0.1, 0.15) is 0 Å². The second-order valence-electron chi connectivity index (χ2n) is 4.37. The van der Waals surface area contributed by atoms with Gasteiger partial charge < -0.3 is 0 Å². The average Bonchev–Trinajstić information content (AvgIpc) is 2.26. The first kappa shape index (κ1) is 10.8. The van der Waals surface area contributed by atoms with Crippen LogP contribution in [0.5, 0.6) is 0 Å². The summed E-state index contributed by atoms with van der Waals surface area (Å²) in [5.41, 5.74) is 3.77. The molecule has 0 unspecified atom stereocenters. The highest BCUT2D eigenvalue weighted by Crippen LogP contribution is 2.25. The Morgan fingerprint density at radius 3 is 2.69 bits per heavy atom. The number of hydrogen-bond acceptors (Lipinski definition) is 2. The van der Waals surface area contributed by atoms with Crippen molar-refractivity contribution in [2.24, 2.45) is 0 Å². The highest BCUT2D eigenvalue weighted by molar-refractivity contribution is 5.97. The van der Waals surface area contributed by atoms with Crippen molar-refractivity contribution in [3.63, 3.8) is 0 Å². The van der Waals surface area contributed by atoms with Gasteiger partial charge in [0.25, 0.3) is 0 Å². The van der Waals surface area contributed by atoms with Crippen LogP contribution in [0.1, 0.15) is 41.4 Å². The Labute approximate surface area is 95.3 Å². The zero-order valence-corrected chi connectivity index (χ0v) is 9.82. The number of aldehydes is 1. The van der Waals surface area contributed by atoms with Gasteiger partial charge in [0, 0.05) is 16.6 Å². The van der Waals surface area contributed by atoms with Crippen molar-refractivity contribution >= 4 is 17.2 Å². The molecule has 2 rings (SSSR count). The van der Waals surface area contributed by atoms with E-state index in [9.17, 15) is 4.79 Å². The molecule has 2 nitrogen and oxygen atoms in total. The SMILES string of the molecule is Cc1cc(C=O)c2cccc(C(C)C)c2n1. The Morgan fingerprint density at radius 1 is 1.31 bits per heavy atom. The van der Waals surface area contributed by atoms with Crippen LogP contribution in [0, 0.1) is 6.92 Å². The fourth-order valence-electron chi connectivity index (χ4n) is 1.99. The Bertz CT molecular complexity index is 544. The maximum atomic E-state index is 11.0. The summed E-state index contributed by atoms with van der Waals surface area (Å²) in [7, 11) is 0. The largest absolute Gasteiger partial charge is 0.298 e. The van der Waals surface area contributed by atoms with Crippen LogP contribution >= 0.6 is 0 Å². The van der Waals surface area contributed by atoms with Crippen LogP contribution < -0.4 is 0 Å². The van der Waals surface area contributed by atoms with Gasteiger partial charge in [-0.3, -0.25) is 9.78 Å². The zero-order chi connectivity index (χ0) is 11.7. The lowest BCUT2D eigenvalue weighted by atomic mass is 9.97. The molecule has 16 heavy (non-hydrogen) atoms. The van der Waals surface area contributed by atoms with E-state index in [2.05, 4.69) is 24.9 Å². The normalized spacial score (nSPS) is 11.0. The Kier molecular flexibility index (Phi) is 2.73. The molecule has 0 amide bonds. The Hall–Kier alpha value is -1.70. The predicted molar refractivity (Wildman–Crippen MR) is 66.0 cm³/mol. The van der Waals surface area contributed by atoms with Gasteiger partial charge in [-0.15, -0.1) is 0 Å². The van der Waals surface area contributed by atoms with E-state index >= 15 is 0 Å². The summed E-state index contributed by atoms with van der Waals surface area (Å²) in [6.07, 6.45) is 0.904. The fourth-order valence-corrected chi connectivity index (χ4v) is 1.99. The number of pyridine rings is 1. The van der Waals surface area contributed by atoms with Crippen molar-refractivity contribution in [2.75, 3.05) is 0 Å². The van der Waals surface area contributed by atoms with Crippen molar-refractivity contribution in [3.8, 4) is 0 Å². The summed E-state index contributed by atoms with van der Waals surface area (Å²) in [6.45, 7) is 6.20. The van der Waals surface area contributed by atoms with E-state index in [-0.39, 0.29) is 0 Å². The summed E-state index contributed by atoms with van der Waals surface area (Å²) in [4.78, 5) is 15.6. The average molecular weight is 213 g/mol. The highest BCUT2D eigenvalue weighted by atomic mass is 16.1. The van der Waals surface area contributed by atoms with E-state index < -0.39 is 0 Å². The number of rotatable bonds is 2. The van der Waals surface area contributed by atoms with Gasteiger partial charge in [-0.2, -0.15) is 0 Å². The molecular formula is C14H15NO. The van der Waals surface area contributed by atoms with Gasteiger partial charge in [0.2, 0.25) is 0 Å². The van der Waals surface area contributed by atoms with Crippen LogP contribution in [0.15, 0.2) is 24.3 Å². The van der Waals surface area contributed by atoms with Crippen LogP contribution in [0.2, 0.25) is 0 Å². The predicted octanol–water partition coefficient (Wildman–Crippen LogP) is 3.48. The molecule has 0 aliphatic rings. The molecule has 2 aromatic rings. The standard InChI is InChI=1S/C14H15NO/c1-9(2)12-5-4-6-13-11(8-16)7-10(3)15-14(12)13/h4-9H,1-3H3. The monoisotopic (exact) mass is 213 g/mol. The van der Waals surface area contributed by atoms with Gasteiger partial charge in [0.15, 0.2) is 6.29 Å². The van der Waals surface area contributed by atoms with Crippen molar-refractivity contribution in [2.45, 2.75) is 26.7 Å². The minimum absolute atomic E-state index is 0.414. The molecule has 0 spiro atoms. The minimum Gasteiger partial charge on any atom is -0.298 e. The van der Waals surface area contributed by atoms with Crippen molar-refractivity contribution < 1.29 is 4.79 Å². The van der Waals surface area contributed by atoms with Crippen LogP contribution in [-0.2, 0) is 0 Å². The first-order chi connectivity index (χ1) is 7.63. The van der Waals surface area contributed by atoms with Crippen molar-refractivity contribution in [3.05, 3.63) is 41.1 Å². The number of carbonyl (C=O) groups excluding carboxylic acids is 1. The van der Waals surface area contributed by atoms with Crippen LogP contribution in [-0.4, -0.2) is 11.3 Å². The van der Waals surface area contributed by atoms with Crippen LogP contribution in [0.4, 0.5) is 0 Å². The molecule has 0 radical (unpaired) electrons. The lowest BCUT2D eigenvalue weighted by Gasteiger charge is -2.10. The molecule has 0 saturated heterocycles. The first-order valence-corrected chi connectivity index (χ1v) is 5.49. The van der Waals surface area contributed by atoms with Gasteiger partial charge in [-0.05, 0) is 24.5 Å². The summed E-state index contributed by atoms with van der Waals surface area (Å²) >= 11 is 0. The molecular weight excluding hydrogens is 198 g/mol. The molecule has 1 aromatic heterocycles. The van der Waals surface area contributed by atoms with Gasteiger partial charge in [0.05, 0.1) is 5.52 Å². The molecule has 1 heterocycles. The quantitative estimate of drug-likeness (QED) is 0.715. The van der Waals surface area contributed by atoms with Crippen molar-refractivity contribution in [1.29, 1.82) is 0 Å². The highest BCUT2D eigenvalue weighted by Gasteiger charge is 2.09. The molecule has 0 N–H and O–H groups in total. The number of aromatic nitrogens is 1. The molecule has 82 valence electrons. The second kappa shape index (κ2) is 4.05. The van der Waals surface area contributed by atoms with E-state index in [1.54, 1.807) is 0 Å². The van der Waals surface area contributed by atoms with Crippen molar-refractivity contribution in [1.82, 2.24) is 4.98 Å². The number of benzene rings is 1. The summed E-state index contributed by atoms with van der Waals surface area (Å²) in [5.74, 6) is 0.414. The molecule has 0 aliphatic heterocycles. The number of nitrogens with zero attached hydrogens (tertiary/aromatic N) is 1. The third-order valence-electron chi connectivity index (χ3n) is 2.78. The number of hydrogen-bond donors (Lipinski definition) is 0. The van der Waals surface area contributed by atoms with Gasteiger partial charge in [-0.25, -0.2) is 0 Å². The maximum Gasteiger partial charge on any atom is 0.150 e. The number of carbonyl (C=O) groups is 1. The maximum absolute atomic E-state index is 11.0. The third kappa shape index (κ3) is 1.71. The molecule has 0 aliphatic carbocycles. The number of fused-ring (bicyclic) bond motifs is 1. The molecule has 0 atom stereocenters. The fraction of sp³-hybridized carbons (Fsp3) is 0.286. The first-order valence-electron chi connectivity index (χ1n) is 5.49. The lowest BCUT2D eigenvalue weighted by molar-refractivity contribution is 0.112. The third-order valence-corrected chi connectivity index (χ3v) is 2.78. The topological polar surface area (TPSA) is 30.0 Å². The van der Waals surface area contributed by atoms with Crippen LogP contribution in [0.25, 0.3) is 10.9 Å². The molecule has 0 fully saturated rings. The lowest BCUT2D eigenvalue weighted by Crippen LogP contribution is -1.96. The molecule has 0 bridgehead atoms. The Morgan fingerprint density at radius 2 is 2.06 bits per heavy atom. The zero-order valence-electron chi connectivity index (χ0n) is 9.82. The smallest absolute Gasteiger partial charge is 0.150 e. The Balaban J connectivity index is 2.87. The summed E-state index contributed by atoms with van der Waals surface area (Å²) in [5, 5.41) is 0.951. The van der Waals surface area contributed by atoms with Crippen LogP contribution in [0.3, 0.4) is 0 Å². The number of para-hydroxylation sites is 1. The van der Waals surface area contributed by atoms with E-state index in [4.69, 9.17) is 0 Å². The van der Waals surface area contributed by atoms with E-state index in [0.717, 1.165) is 28.4 Å². The van der Waals surface area contributed by atoms with E-state index in [1.165, 1.54) is 5.56 Å². The second-order valence-corrected chi connectivity index (χ2v) is 4.37. The minimum atomic E-state index is 0.414. The molecule has 2 heteroatoms. The summed E-state index contributed by atoms with van der Waals surface area (Å²) < 4.78 is 0. The summed E-state index contributed by atoms with van der Waals surface area (Å²) in [6, 6.07) is 7.85. The van der Waals surface area contributed by atoms with Gasteiger partial charge >= 0.3 is 0 Å².